The first kappa shape index (κ1) is 19.6. The molecule has 0 saturated heterocycles. The summed E-state index contributed by atoms with van der Waals surface area (Å²) in [6.07, 6.45) is 2.06. The lowest BCUT2D eigenvalue weighted by Crippen LogP contribution is -2.49. The number of para-hydroxylation sites is 1. The number of carbonyl (C=O) groups excluding carboxylic acids is 2. The Bertz CT molecular complexity index is 864. The van der Waals surface area contributed by atoms with Crippen molar-refractivity contribution in [2.75, 3.05) is 18.5 Å². The van der Waals surface area contributed by atoms with Crippen molar-refractivity contribution >= 4 is 23.3 Å². The van der Waals surface area contributed by atoms with Gasteiger partial charge in [-0.1, -0.05) is 68.3 Å². The van der Waals surface area contributed by atoms with Crippen molar-refractivity contribution in [1.29, 1.82) is 0 Å². The van der Waals surface area contributed by atoms with Crippen molar-refractivity contribution in [3.8, 4) is 0 Å². The zero-order valence-corrected chi connectivity index (χ0v) is 16.3. The third-order valence-electron chi connectivity index (χ3n) is 4.72. The number of likely N-dealkylation sites (N-methyl/N-ethyl adjacent to an activating group) is 1. The largest absolute Gasteiger partial charge is 0.338 e. The molecule has 28 heavy (non-hydrogen) atoms. The van der Waals surface area contributed by atoms with Gasteiger partial charge in [-0.15, -0.1) is 0 Å². The quantitative estimate of drug-likeness (QED) is 0.757. The maximum atomic E-state index is 13.0. The number of benzene rings is 2. The number of hydrogen-bond donors (Lipinski definition) is 2. The fourth-order valence-electron chi connectivity index (χ4n) is 3.19. The van der Waals surface area contributed by atoms with Gasteiger partial charge >= 0.3 is 6.03 Å². The highest BCUT2D eigenvalue weighted by Crippen LogP contribution is 2.26. The molecule has 6 heteroatoms. The van der Waals surface area contributed by atoms with Crippen LogP contribution in [-0.4, -0.2) is 37.4 Å². The normalized spacial score (nSPS) is 16.1. The minimum absolute atomic E-state index is 0.276. The molecule has 0 aliphatic carbocycles. The molecule has 0 radical (unpaired) electrons. The molecule has 1 atom stereocenters. The molecule has 0 aromatic heterocycles. The molecule has 2 N–H and O–H groups in total. The van der Waals surface area contributed by atoms with Gasteiger partial charge in [0, 0.05) is 24.7 Å². The number of urea groups is 1. The van der Waals surface area contributed by atoms with Gasteiger partial charge in [-0.25, -0.2) is 9.79 Å². The van der Waals surface area contributed by atoms with Crippen molar-refractivity contribution in [1.82, 2.24) is 10.6 Å². The molecule has 146 valence electrons. The number of rotatable bonds is 6. The Balaban J connectivity index is 1.91. The minimum atomic E-state index is -0.987. The van der Waals surface area contributed by atoms with Gasteiger partial charge in [0.2, 0.25) is 6.17 Å². The third kappa shape index (κ3) is 4.39. The topological polar surface area (TPSA) is 73.8 Å². The predicted molar refractivity (Wildman–Crippen MR) is 112 cm³/mol. The number of nitrogens with one attached hydrogen (secondary N) is 2. The van der Waals surface area contributed by atoms with E-state index in [0.717, 1.165) is 36.1 Å². The monoisotopic (exact) mass is 378 g/mol. The molecule has 0 fully saturated rings. The second kappa shape index (κ2) is 9.17. The number of fused-ring (bicyclic) bond motifs is 1. The van der Waals surface area contributed by atoms with Crippen molar-refractivity contribution in [2.24, 2.45) is 4.99 Å². The number of hydrogen-bond acceptors (Lipinski definition) is 3. The summed E-state index contributed by atoms with van der Waals surface area (Å²) < 4.78 is 0. The Morgan fingerprint density at radius 2 is 1.79 bits per heavy atom. The Hall–Kier alpha value is -3.15. The SMILES string of the molecule is CCCCCNC(=O)NC1N=C(c2ccccc2)c2ccccc2N(C)C1=O. The fraction of sp³-hybridized carbons (Fsp3) is 0.318. The molecule has 1 unspecified atom stereocenters. The molecule has 6 nitrogen and oxygen atoms in total. The van der Waals surface area contributed by atoms with Crippen LogP contribution in [0.1, 0.15) is 37.3 Å². The van der Waals surface area contributed by atoms with E-state index in [0.29, 0.717) is 12.3 Å². The fourth-order valence-corrected chi connectivity index (χ4v) is 3.19. The van der Waals surface area contributed by atoms with E-state index in [1.807, 2.05) is 54.6 Å². The molecule has 1 aliphatic rings. The number of benzodiazepines with no additional fused rings is 1. The van der Waals surface area contributed by atoms with Crippen LogP contribution < -0.4 is 15.5 Å². The Kier molecular flexibility index (Phi) is 6.42. The summed E-state index contributed by atoms with van der Waals surface area (Å²) in [6.45, 7) is 2.68. The molecule has 1 aliphatic heterocycles. The summed E-state index contributed by atoms with van der Waals surface area (Å²) in [6, 6.07) is 17.0. The van der Waals surface area contributed by atoms with E-state index in [2.05, 4.69) is 22.5 Å². The van der Waals surface area contributed by atoms with E-state index in [4.69, 9.17) is 0 Å². The van der Waals surface area contributed by atoms with Gasteiger partial charge in [0.15, 0.2) is 0 Å². The molecule has 3 amide bonds. The van der Waals surface area contributed by atoms with Crippen LogP contribution in [0.15, 0.2) is 59.6 Å². The number of amides is 3. The predicted octanol–water partition coefficient (Wildman–Crippen LogP) is 3.32. The van der Waals surface area contributed by atoms with Gasteiger partial charge in [0.1, 0.15) is 0 Å². The molecule has 0 saturated carbocycles. The second-order valence-electron chi connectivity index (χ2n) is 6.77. The standard InChI is InChI=1S/C22H26N4O2/c1-3-4-10-15-23-22(28)25-20-21(27)26(2)18-14-9-8-13-17(18)19(24-20)16-11-6-5-7-12-16/h5-9,11-14,20H,3-4,10,15H2,1-2H3,(H2,23,25,28). The number of aliphatic imine (C=N–C) groups is 1. The molecular formula is C22H26N4O2. The van der Waals surface area contributed by atoms with Crippen molar-refractivity contribution in [2.45, 2.75) is 32.4 Å². The van der Waals surface area contributed by atoms with E-state index in [1.54, 1.807) is 11.9 Å². The Labute approximate surface area is 165 Å². The van der Waals surface area contributed by atoms with E-state index in [-0.39, 0.29) is 11.9 Å². The lowest BCUT2D eigenvalue weighted by Gasteiger charge is -2.21. The van der Waals surface area contributed by atoms with Crippen LogP contribution in [0.4, 0.5) is 10.5 Å². The van der Waals surface area contributed by atoms with E-state index in [1.165, 1.54) is 0 Å². The molecule has 1 heterocycles. The van der Waals surface area contributed by atoms with Crippen LogP contribution in [-0.2, 0) is 4.79 Å². The van der Waals surface area contributed by atoms with Gasteiger partial charge in [0.25, 0.3) is 5.91 Å². The van der Waals surface area contributed by atoms with Crippen LogP contribution in [0.25, 0.3) is 0 Å². The average molecular weight is 378 g/mol. The first-order valence-electron chi connectivity index (χ1n) is 9.66. The molecular weight excluding hydrogens is 352 g/mol. The molecule has 2 aromatic rings. The zero-order valence-electron chi connectivity index (χ0n) is 16.3. The highest BCUT2D eigenvalue weighted by molar-refractivity contribution is 6.20. The number of unbranched alkanes of at least 4 members (excludes halogenated alkanes) is 2. The van der Waals surface area contributed by atoms with Gasteiger partial charge in [-0.2, -0.15) is 0 Å². The van der Waals surface area contributed by atoms with Crippen molar-refractivity contribution in [3.05, 3.63) is 65.7 Å². The van der Waals surface area contributed by atoms with Crippen LogP contribution in [0.5, 0.6) is 0 Å². The van der Waals surface area contributed by atoms with Crippen LogP contribution in [0, 0.1) is 0 Å². The highest BCUT2D eigenvalue weighted by Gasteiger charge is 2.30. The maximum absolute atomic E-state index is 13.0. The van der Waals surface area contributed by atoms with E-state index >= 15 is 0 Å². The summed E-state index contributed by atoms with van der Waals surface area (Å²) in [5.74, 6) is -0.276. The van der Waals surface area contributed by atoms with Crippen LogP contribution in [0.3, 0.4) is 0 Å². The molecule has 0 spiro atoms. The number of nitrogens with zero attached hydrogens (tertiary/aromatic N) is 2. The van der Waals surface area contributed by atoms with E-state index in [9.17, 15) is 9.59 Å². The summed E-state index contributed by atoms with van der Waals surface area (Å²) in [5.41, 5.74) is 3.21. The number of anilines is 1. The van der Waals surface area contributed by atoms with Crippen LogP contribution in [0.2, 0.25) is 0 Å². The Morgan fingerprint density at radius 3 is 2.54 bits per heavy atom. The number of carbonyl (C=O) groups is 2. The first-order valence-corrected chi connectivity index (χ1v) is 9.66. The minimum Gasteiger partial charge on any atom is -0.338 e. The van der Waals surface area contributed by atoms with Gasteiger partial charge < -0.3 is 15.5 Å². The second-order valence-corrected chi connectivity index (χ2v) is 6.77. The van der Waals surface area contributed by atoms with Gasteiger partial charge in [0.05, 0.1) is 11.4 Å². The first-order chi connectivity index (χ1) is 13.6. The summed E-state index contributed by atoms with van der Waals surface area (Å²) >= 11 is 0. The van der Waals surface area contributed by atoms with Crippen LogP contribution >= 0.6 is 0 Å². The Morgan fingerprint density at radius 1 is 1.07 bits per heavy atom. The van der Waals surface area contributed by atoms with E-state index < -0.39 is 6.17 Å². The molecule has 0 bridgehead atoms. The highest BCUT2D eigenvalue weighted by atomic mass is 16.2. The van der Waals surface area contributed by atoms with Gasteiger partial charge in [-0.3, -0.25) is 4.79 Å². The lowest BCUT2D eigenvalue weighted by atomic mass is 10.0. The van der Waals surface area contributed by atoms with Gasteiger partial charge in [-0.05, 0) is 12.5 Å². The molecule has 2 aromatic carbocycles. The summed E-state index contributed by atoms with van der Waals surface area (Å²) in [5, 5.41) is 5.53. The average Bonchev–Trinajstić information content (AvgIpc) is 2.83. The summed E-state index contributed by atoms with van der Waals surface area (Å²) in [4.78, 5) is 31.5. The summed E-state index contributed by atoms with van der Waals surface area (Å²) in [7, 11) is 1.71. The maximum Gasteiger partial charge on any atom is 0.316 e. The third-order valence-corrected chi connectivity index (χ3v) is 4.72. The molecule has 3 rings (SSSR count). The van der Waals surface area contributed by atoms with Crippen molar-refractivity contribution in [3.63, 3.8) is 0 Å². The zero-order chi connectivity index (χ0) is 19.9. The van der Waals surface area contributed by atoms with Crippen molar-refractivity contribution < 1.29 is 9.59 Å². The lowest BCUT2D eigenvalue weighted by molar-refractivity contribution is -0.119. The smallest absolute Gasteiger partial charge is 0.316 e.